The highest BCUT2D eigenvalue weighted by atomic mass is 35.5. The van der Waals surface area contributed by atoms with Gasteiger partial charge < -0.3 is 0 Å². The first kappa shape index (κ1) is 7.95. The quantitative estimate of drug-likeness (QED) is 0.617. The summed E-state index contributed by atoms with van der Waals surface area (Å²) in [7, 11) is 0. The molecule has 0 unspecified atom stereocenters. The van der Waals surface area contributed by atoms with Gasteiger partial charge in [-0.15, -0.1) is 12.4 Å². The normalized spacial score (nSPS) is 9.09. The van der Waals surface area contributed by atoms with E-state index in [1.54, 1.807) is 0 Å². The molecule has 3 heteroatoms. The van der Waals surface area contributed by atoms with Crippen molar-refractivity contribution >= 4 is 12.4 Å². The molecule has 0 amide bonds. The maximum Gasteiger partial charge on any atom is 0.0268 e. The molecule has 0 saturated carbocycles. The van der Waals surface area contributed by atoms with E-state index in [0.29, 0.717) is 0 Å². The van der Waals surface area contributed by atoms with Crippen LogP contribution in [0.15, 0.2) is 49.1 Å². The van der Waals surface area contributed by atoms with E-state index in [1.807, 2.05) is 58.4 Å². The number of aromatic nitrogens is 2. The molecule has 0 aliphatic carbocycles. The molecule has 2 aromatic heterocycles. The van der Waals surface area contributed by atoms with Crippen LogP contribution in [0.25, 0.3) is 0 Å². The van der Waals surface area contributed by atoms with Crippen molar-refractivity contribution in [2.24, 2.45) is 0 Å². The van der Waals surface area contributed by atoms with Crippen LogP contribution in [0.4, 0.5) is 0 Å². The van der Waals surface area contributed by atoms with Gasteiger partial charge in [0, 0.05) is 24.8 Å². The first-order valence-electron chi connectivity index (χ1n) is 3.23. The summed E-state index contributed by atoms with van der Waals surface area (Å²) in [5.41, 5.74) is 0. The molecule has 0 atom stereocenters. The van der Waals surface area contributed by atoms with Crippen molar-refractivity contribution in [2.45, 2.75) is 0 Å². The molecule has 11 heavy (non-hydrogen) atoms. The molecule has 0 saturated heterocycles. The minimum atomic E-state index is 0. The Labute approximate surface area is 71.4 Å². The fourth-order valence-corrected chi connectivity index (χ4v) is 0.959. The first-order chi connectivity index (χ1) is 4.97. The lowest BCUT2D eigenvalue weighted by molar-refractivity contribution is 0.668. The third-order valence-electron chi connectivity index (χ3n) is 1.44. The van der Waals surface area contributed by atoms with Gasteiger partial charge in [0.25, 0.3) is 0 Å². The van der Waals surface area contributed by atoms with Gasteiger partial charge in [-0.25, -0.2) is 0 Å². The molecule has 0 fully saturated rings. The molecule has 2 rings (SSSR count). The SMILES string of the molecule is Cl.c1ccn(-n2cccc2)c1. The molecule has 0 aliphatic heterocycles. The molecule has 0 aliphatic rings. The van der Waals surface area contributed by atoms with E-state index < -0.39 is 0 Å². The van der Waals surface area contributed by atoms with Crippen LogP contribution in [0, 0.1) is 0 Å². The standard InChI is InChI=1S/C8H8N2.ClH/c1-2-6-9(5-1)10-7-3-4-8-10;/h1-8H;1H. The predicted molar refractivity (Wildman–Crippen MR) is 46.9 cm³/mol. The number of nitrogens with zero attached hydrogens (tertiary/aromatic N) is 2. The topological polar surface area (TPSA) is 9.86 Å². The van der Waals surface area contributed by atoms with Crippen LogP contribution in [-0.4, -0.2) is 9.35 Å². The monoisotopic (exact) mass is 168 g/mol. The van der Waals surface area contributed by atoms with Crippen LogP contribution in [0.5, 0.6) is 0 Å². The minimum absolute atomic E-state index is 0. The number of hydrogen-bond acceptors (Lipinski definition) is 0. The lowest BCUT2D eigenvalue weighted by atomic mass is 10.7. The molecule has 2 aromatic rings. The number of halogens is 1. The number of hydrogen-bond donors (Lipinski definition) is 0. The summed E-state index contributed by atoms with van der Waals surface area (Å²) in [6.07, 6.45) is 8.00. The smallest absolute Gasteiger partial charge is 0.0268 e. The highest BCUT2D eigenvalue weighted by molar-refractivity contribution is 5.85. The summed E-state index contributed by atoms with van der Waals surface area (Å²) in [4.78, 5) is 0. The van der Waals surface area contributed by atoms with Crippen molar-refractivity contribution < 1.29 is 0 Å². The highest BCUT2D eigenvalue weighted by Gasteiger charge is 1.85. The van der Waals surface area contributed by atoms with Crippen LogP contribution < -0.4 is 0 Å². The highest BCUT2D eigenvalue weighted by Crippen LogP contribution is 1.93. The summed E-state index contributed by atoms with van der Waals surface area (Å²) < 4.78 is 4.00. The van der Waals surface area contributed by atoms with Crippen molar-refractivity contribution in [1.82, 2.24) is 9.35 Å². The van der Waals surface area contributed by atoms with Crippen LogP contribution in [0.1, 0.15) is 0 Å². The summed E-state index contributed by atoms with van der Waals surface area (Å²) in [6, 6.07) is 8.00. The Morgan fingerprint density at radius 1 is 0.545 bits per heavy atom. The Bertz CT molecular complexity index is 252. The summed E-state index contributed by atoms with van der Waals surface area (Å²) in [6.45, 7) is 0. The van der Waals surface area contributed by atoms with Gasteiger partial charge in [0.2, 0.25) is 0 Å². The zero-order valence-corrected chi connectivity index (χ0v) is 6.74. The molecule has 0 bridgehead atoms. The summed E-state index contributed by atoms with van der Waals surface area (Å²) >= 11 is 0. The van der Waals surface area contributed by atoms with Gasteiger partial charge in [0.15, 0.2) is 0 Å². The zero-order chi connectivity index (χ0) is 6.81. The maximum absolute atomic E-state index is 2.00. The van der Waals surface area contributed by atoms with Crippen molar-refractivity contribution in [3.8, 4) is 0 Å². The van der Waals surface area contributed by atoms with Gasteiger partial charge in [0.1, 0.15) is 0 Å². The van der Waals surface area contributed by atoms with Crippen molar-refractivity contribution in [2.75, 3.05) is 0 Å². The molecule has 0 aromatic carbocycles. The van der Waals surface area contributed by atoms with Gasteiger partial charge in [0.05, 0.1) is 0 Å². The molecule has 0 radical (unpaired) electrons. The lowest BCUT2D eigenvalue weighted by Crippen LogP contribution is -2.01. The Balaban J connectivity index is 0.000000605. The molecule has 2 heterocycles. The average Bonchev–Trinajstić information content (AvgIpc) is 2.59. The van der Waals surface area contributed by atoms with Crippen LogP contribution in [-0.2, 0) is 0 Å². The van der Waals surface area contributed by atoms with E-state index in [0.717, 1.165) is 0 Å². The number of rotatable bonds is 1. The third-order valence-corrected chi connectivity index (χ3v) is 1.44. The Kier molecular flexibility index (Phi) is 2.39. The van der Waals surface area contributed by atoms with Gasteiger partial charge in [-0.2, -0.15) is 0 Å². The minimum Gasteiger partial charge on any atom is -0.265 e. The zero-order valence-electron chi connectivity index (χ0n) is 5.92. The second kappa shape index (κ2) is 3.30. The van der Waals surface area contributed by atoms with E-state index in [9.17, 15) is 0 Å². The molecular weight excluding hydrogens is 160 g/mol. The van der Waals surface area contributed by atoms with E-state index in [2.05, 4.69) is 0 Å². The summed E-state index contributed by atoms with van der Waals surface area (Å²) in [5.74, 6) is 0. The van der Waals surface area contributed by atoms with Crippen LogP contribution in [0.3, 0.4) is 0 Å². The lowest BCUT2D eigenvalue weighted by Gasteiger charge is -2.01. The van der Waals surface area contributed by atoms with Gasteiger partial charge in [-0.3, -0.25) is 9.35 Å². The van der Waals surface area contributed by atoms with Crippen LogP contribution >= 0.6 is 12.4 Å². The Hall–Kier alpha value is -1.15. The molecule has 2 nitrogen and oxygen atoms in total. The van der Waals surface area contributed by atoms with Crippen LogP contribution in [0.2, 0.25) is 0 Å². The van der Waals surface area contributed by atoms with E-state index in [-0.39, 0.29) is 12.4 Å². The Morgan fingerprint density at radius 2 is 0.818 bits per heavy atom. The maximum atomic E-state index is 2.00. The Morgan fingerprint density at radius 3 is 1.09 bits per heavy atom. The van der Waals surface area contributed by atoms with Crippen molar-refractivity contribution in [1.29, 1.82) is 0 Å². The van der Waals surface area contributed by atoms with Gasteiger partial charge >= 0.3 is 0 Å². The molecule has 58 valence electrons. The summed E-state index contributed by atoms with van der Waals surface area (Å²) in [5, 5.41) is 0. The first-order valence-corrected chi connectivity index (χ1v) is 3.23. The fourth-order valence-electron chi connectivity index (χ4n) is 0.959. The average molecular weight is 169 g/mol. The van der Waals surface area contributed by atoms with Gasteiger partial charge in [-0.05, 0) is 24.3 Å². The second-order valence-electron chi connectivity index (χ2n) is 2.13. The largest absolute Gasteiger partial charge is 0.265 e. The van der Waals surface area contributed by atoms with E-state index in [1.165, 1.54) is 0 Å². The second-order valence-corrected chi connectivity index (χ2v) is 2.13. The van der Waals surface area contributed by atoms with Gasteiger partial charge in [-0.1, -0.05) is 0 Å². The molecule has 0 spiro atoms. The molecular formula is C8H9ClN2. The van der Waals surface area contributed by atoms with Crippen molar-refractivity contribution in [3.05, 3.63) is 49.1 Å². The fraction of sp³-hybridized carbons (Fsp3) is 0. The molecule has 0 N–H and O–H groups in total. The van der Waals surface area contributed by atoms with Crippen molar-refractivity contribution in [3.63, 3.8) is 0 Å². The predicted octanol–water partition coefficient (Wildman–Crippen LogP) is 2.02. The van der Waals surface area contributed by atoms with E-state index >= 15 is 0 Å². The van der Waals surface area contributed by atoms with E-state index in [4.69, 9.17) is 0 Å². The third kappa shape index (κ3) is 1.46.